The minimum atomic E-state index is -0.129. The van der Waals surface area contributed by atoms with Crippen LogP contribution in [-0.4, -0.2) is 47.0 Å². The molecule has 146 valence electrons. The second-order valence-corrected chi connectivity index (χ2v) is 6.61. The van der Waals surface area contributed by atoms with Gasteiger partial charge in [0.1, 0.15) is 0 Å². The molecule has 0 radical (unpaired) electrons. The Kier molecular flexibility index (Phi) is 7.40. The third-order valence-electron chi connectivity index (χ3n) is 4.08. The zero-order chi connectivity index (χ0) is 19.6. The second kappa shape index (κ2) is 10.4. The summed E-state index contributed by atoms with van der Waals surface area (Å²) in [5, 5.41) is 11.3. The number of amides is 1. The molecule has 2 aromatic heterocycles. The molecule has 0 fully saturated rings. The van der Waals surface area contributed by atoms with Gasteiger partial charge in [-0.25, -0.2) is 4.98 Å². The number of carbonyl (C=O) groups excluding carboxylic acids is 1. The van der Waals surface area contributed by atoms with Gasteiger partial charge in [0.05, 0.1) is 17.5 Å². The Labute approximate surface area is 168 Å². The summed E-state index contributed by atoms with van der Waals surface area (Å²) in [6, 6.07) is 7.68. The monoisotopic (exact) mass is 398 g/mol. The van der Waals surface area contributed by atoms with Crippen molar-refractivity contribution >= 4 is 40.2 Å². The van der Waals surface area contributed by atoms with Crippen molar-refractivity contribution < 1.29 is 4.79 Å². The largest absolute Gasteiger partial charge is 0.384 e. The number of benzene rings is 1. The van der Waals surface area contributed by atoms with Crippen molar-refractivity contribution in [1.29, 1.82) is 0 Å². The van der Waals surface area contributed by atoms with E-state index in [1.54, 1.807) is 24.8 Å². The van der Waals surface area contributed by atoms with Crippen molar-refractivity contribution in [2.24, 2.45) is 0 Å². The number of hydrogen-bond acceptors (Lipinski definition) is 5. The van der Waals surface area contributed by atoms with E-state index >= 15 is 0 Å². The predicted octanol–water partition coefficient (Wildman–Crippen LogP) is 2.83. The van der Waals surface area contributed by atoms with E-state index < -0.39 is 0 Å². The van der Waals surface area contributed by atoms with Crippen LogP contribution in [0.2, 0.25) is 5.02 Å². The van der Waals surface area contributed by atoms with Crippen LogP contribution < -0.4 is 16.0 Å². The van der Waals surface area contributed by atoms with Gasteiger partial charge in [-0.1, -0.05) is 11.6 Å². The number of aromatic nitrogens is 3. The van der Waals surface area contributed by atoms with Crippen molar-refractivity contribution in [3.63, 3.8) is 0 Å². The molecule has 0 unspecified atom stereocenters. The molecule has 0 atom stereocenters. The number of nitrogens with one attached hydrogen (secondary N) is 4. The van der Waals surface area contributed by atoms with Crippen LogP contribution in [0.15, 0.2) is 49.1 Å². The first-order valence-corrected chi connectivity index (χ1v) is 9.54. The Morgan fingerprint density at radius 1 is 1.14 bits per heavy atom. The molecule has 1 aromatic carbocycles. The summed E-state index contributed by atoms with van der Waals surface area (Å²) < 4.78 is 0. The molecule has 0 saturated heterocycles. The molecule has 28 heavy (non-hydrogen) atoms. The SMILES string of the molecule is O=C(C=Cc1c[nH]cn1)NCCNCCCNc1ccnc2cc(Cl)ccc12. The summed E-state index contributed by atoms with van der Waals surface area (Å²) in [4.78, 5) is 22.9. The van der Waals surface area contributed by atoms with Gasteiger partial charge < -0.3 is 20.9 Å². The van der Waals surface area contributed by atoms with Gasteiger partial charge in [0.15, 0.2) is 0 Å². The summed E-state index contributed by atoms with van der Waals surface area (Å²) >= 11 is 6.02. The fraction of sp³-hybridized carbons (Fsp3) is 0.250. The highest BCUT2D eigenvalue weighted by atomic mass is 35.5. The first-order chi connectivity index (χ1) is 13.7. The number of fused-ring (bicyclic) bond motifs is 1. The number of H-pyrrole nitrogens is 1. The van der Waals surface area contributed by atoms with Crippen LogP contribution in [0.5, 0.6) is 0 Å². The van der Waals surface area contributed by atoms with Crippen LogP contribution in [0.25, 0.3) is 17.0 Å². The highest BCUT2D eigenvalue weighted by Crippen LogP contribution is 2.24. The molecule has 3 rings (SSSR count). The normalized spacial score (nSPS) is 11.2. The van der Waals surface area contributed by atoms with E-state index in [0.717, 1.165) is 48.3 Å². The third-order valence-corrected chi connectivity index (χ3v) is 4.31. The lowest BCUT2D eigenvalue weighted by Crippen LogP contribution is -2.31. The standard InChI is InChI=1S/C20H23ClN6O/c21-15-2-4-17-18(6-9-25-19(17)12-15)24-8-1-7-22-10-11-26-20(28)5-3-16-13-23-14-27-16/h2-6,9,12-14,22H,1,7-8,10-11H2,(H,23,27)(H,24,25)(H,26,28). The van der Waals surface area contributed by atoms with Crippen molar-refractivity contribution in [1.82, 2.24) is 25.6 Å². The zero-order valence-electron chi connectivity index (χ0n) is 15.4. The number of carbonyl (C=O) groups is 1. The van der Waals surface area contributed by atoms with Gasteiger partial charge in [0, 0.05) is 54.2 Å². The number of nitrogens with zero attached hydrogens (tertiary/aromatic N) is 2. The van der Waals surface area contributed by atoms with E-state index in [1.807, 2.05) is 24.3 Å². The van der Waals surface area contributed by atoms with Gasteiger partial charge >= 0.3 is 0 Å². The molecule has 8 heteroatoms. The average molecular weight is 399 g/mol. The predicted molar refractivity (Wildman–Crippen MR) is 113 cm³/mol. The quantitative estimate of drug-likeness (QED) is 0.311. The van der Waals surface area contributed by atoms with Crippen LogP contribution in [0, 0.1) is 0 Å². The van der Waals surface area contributed by atoms with Crippen molar-refractivity contribution in [2.75, 3.05) is 31.5 Å². The smallest absolute Gasteiger partial charge is 0.244 e. The lowest BCUT2D eigenvalue weighted by Gasteiger charge is -2.10. The first-order valence-electron chi connectivity index (χ1n) is 9.16. The maximum Gasteiger partial charge on any atom is 0.244 e. The number of imidazole rings is 1. The van der Waals surface area contributed by atoms with E-state index in [0.29, 0.717) is 11.6 Å². The third kappa shape index (κ3) is 6.07. The molecule has 1 amide bonds. The average Bonchev–Trinajstić information content (AvgIpc) is 3.22. The van der Waals surface area contributed by atoms with Crippen LogP contribution in [0.3, 0.4) is 0 Å². The summed E-state index contributed by atoms with van der Waals surface area (Å²) in [6.07, 6.45) is 9.19. The van der Waals surface area contributed by atoms with Gasteiger partial charge in [-0.3, -0.25) is 9.78 Å². The van der Waals surface area contributed by atoms with Gasteiger partial charge in [-0.2, -0.15) is 0 Å². The van der Waals surface area contributed by atoms with Gasteiger partial charge in [-0.05, 0) is 43.3 Å². The molecule has 4 N–H and O–H groups in total. The van der Waals surface area contributed by atoms with Crippen LogP contribution in [0.4, 0.5) is 5.69 Å². The van der Waals surface area contributed by atoms with E-state index in [2.05, 4.69) is 30.9 Å². The molecule has 0 saturated carbocycles. The molecular formula is C20H23ClN6O. The number of pyridine rings is 1. The molecule has 2 heterocycles. The number of halogens is 1. The van der Waals surface area contributed by atoms with E-state index in [9.17, 15) is 4.79 Å². The second-order valence-electron chi connectivity index (χ2n) is 6.17. The molecule has 0 aliphatic rings. The van der Waals surface area contributed by atoms with E-state index in [1.165, 1.54) is 6.08 Å². The summed E-state index contributed by atoms with van der Waals surface area (Å²) in [6.45, 7) is 3.00. The Morgan fingerprint density at radius 3 is 2.93 bits per heavy atom. The van der Waals surface area contributed by atoms with Crippen LogP contribution >= 0.6 is 11.6 Å². The molecule has 0 aliphatic carbocycles. The molecule has 0 bridgehead atoms. The number of rotatable bonds is 10. The lowest BCUT2D eigenvalue weighted by atomic mass is 10.2. The van der Waals surface area contributed by atoms with Gasteiger partial charge in [0.2, 0.25) is 5.91 Å². The summed E-state index contributed by atoms with van der Waals surface area (Å²) in [5.74, 6) is -0.129. The summed E-state index contributed by atoms with van der Waals surface area (Å²) in [7, 11) is 0. The lowest BCUT2D eigenvalue weighted by molar-refractivity contribution is -0.116. The van der Waals surface area contributed by atoms with Crippen molar-refractivity contribution in [3.8, 4) is 0 Å². The molecule has 0 spiro atoms. The van der Waals surface area contributed by atoms with E-state index in [-0.39, 0.29) is 5.91 Å². The first kappa shape index (κ1) is 19.9. The van der Waals surface area contributed by atoms with Crippen LogP contribution in [-0.2, 0) is 4.79 Å². The minimum Gasteiger partial charge on any atom is -0.384 e. The fourth-order valence-electron chi connectivity index (χ4n) is 2.69. The minimum absolute atomic E-state index is 0.129. The topological polar surface area (TPSA) is 94.7 Å². The zero-order valence-corrected chi connectivity index (χ0v) is 16.2. The number of anilines is 1. The van der Waals surface area contributed by atoms with Gasteiger partial charge in [-0.15, -0.1) is 0 Å². The summed E-state index contributed by atoms with van der Waals surface area (Å²) in [5.41, 5.74) is 2.66. The number of aromatic amines is 1. The highest BCUT2D eigenvalue weighted by Gasteiger charge is 2.02. The Hall–Kier alpha value is -2.90. The maximum absolute atomic E-state index is 11.7. The Bertz CT molecular complexity index is 926. The molecule has 7 nitrogen and oxygen atoms in total. The van der Waals surface area contributed by atoms with Crippen molar-refractivity contribution in [2.45, 2.75) is 6.42 Å². The maximum atomic E-state index is 11.7. The molecule has 0 aliphatic heterocycles. The van der Waals surface area contributed by atoms with Crippen molar-refractivity contribution in [3.05, 3.63) is 59.8 Å². The van der Waals surface area contributed by atoms with E-state index in [4.69, 9.17) is 11.6 Å². The van der Waals surface area contributed by atoms with Gasteiger partial charge in [0.25, 0.3) is 0 Å². The highest BCUT2D eigenvalue weighted by molar-refractivity contribution is 6.31. The number of hydrogen-bond donors (Lipinski definition) is 4. The Morgan fingerprint density at radius 2 is 2.07 bits per heavy atom. The molecule has 3 aromatic rings. The van der Waals surface area contributed by atoms with Crippen LogP contribution in [0.1, 0.15) is 12.1 Å². The Balaban J connectivity index is 1.28. The molecular weight excluding hydrogens is 376 g/mol. The fourth-order valence-corrected chi connectivity index (χ4v) is 2.86.